The molecule has 0 saturated carbocycles. The summed E-state index contributed by atoms with van der Waals surface area (Å²) in [5.41, 5.74) is 13.6. The second kappa shape index (κ2) is 15.3. The molecule has 2 aliphatic rings. The minimum atomic E-state index is -1.68. The lowest BCUT2D eigenvalue weighted by Crippen LogP contribution is -2.24. The Morgan fingerprint density at radius 1 is 0.482 bits per heavy atom. The highest BCUT2D eigenvalue weighted by Gasteiger charge is 2.28. The third-order valence-corrected chi connectivity index (χ3v) is 15.6. The van der Waals surface area contributed by atoms with E-state index in [0.29, 0.717) is 0 Å². The number of aryl methyl sites for hydroxylation is 4. The summed E-state index contributed by atoms with van der Waals surface area (Å²) in [4.78, 5) is 0. The van der Waals surface area contributed by atoms with Gasteiger partial charge in [-0.15, -0.1) is 0 Å². The number of nitrogens with zero attached hydrogens (tertiary/aromatic N) is 1. The summed E-state index contributed by atoms with van der Waals surface area (Å²) in [7, 11) is -0.376. The Hall–Kier alpha value is -5.33. The number of hydrogen-bond donors (Lipinski definition) is 0. The van der Waals surface area contributed by atoms with Crippen molar-refractivity contribution in [3.63, 3.8) is 0 Å². The van der Waals surface area contributed by atoms with Crippen molar-refractivity contribution in [2.75, 3.05) is 11.7 Å². The van der Waals surface area contributed by atoms with Gasteiger partial charge in [-0.05, 0) is 121 Å². The first-order chi connectivity index (χ1) is 27.7. The van der Waals surface area contributed by atoms with Crippen molar-refractivity contribution in [1.82, 2.24) is 0 Å². The Kier molecular flexibility index (Phi) is 9.60. The van der Waals surface area contributed by atoms with Gasteiger partial charge in [-0.25, -0.2) is 0 Å². The molecule has 0 atom stereocenters. The minimum absolute atomic E-state index is 0.873. The van der Waals surface area contributed by atoms with Crippen LogP contribution >= 0.6 is 16.1 Å². The first-order valence-electron chi connectivity index (χ1n) is 20.1. The molecule has 0 amide bonds. The Morgan fingerprint density at radius 3 is 1.38 bits per heavy atom. The summed E-state index contributed by atoms with van der Waals surface area (Å²) >= 11 is 0. The predicted molar refractivity (Wildman–Crippen MR) is 239 cm³/mol. The fraction of sp³-hybridized carbons (Fsp3) is 0.176. The van der Waals surface area contributed by atoms with Crippen LogP contribution in [0.1, 0.15) is 47.9 Å². The van der Waals surface area contributed by atoms with Crippen molar-refractivity contribution in [3.05, 3.63) is 180 Å². The highest BCUT2D eigenvalue weighted by Crippen LogP contribution is 2.50. The summed E-state index contributed by atoms with van der Waals surface area (Å²) in [6, 6.07) is 57.5. The van der Waals surface area contributed by atoms with Crippen LogP contribution in [0, 0.1) is 0 Å². The van der Waals surface area contributed by atoms with Crippen molar-refractivity contribution >= 4 is 59.6 Å². The number of para-hydroxylation sites is 1. The Morgan fingerprint density at radius 2 is 0.893 bits per heavy atom. The van der Waals surface area contributed by atoms with Crippen molar-refractivity contribution < 1.29 is 8.39 Å². The molecule has 0 fully saturated rings. The number of fused-ring (bicyclic) bond motifs is 7. The Bertz CT molecular complexity index is 2550. The van der Waals surface area contributed by atoms with Crippen LogP contribution in [0.2, 0.25) is 0 Å². The molecule has 0 spiro atoms. The monoisotopic (exact) mass is 765 g/mol. The van der Waals surface area contributed by atoms with Gasteiger partial charge < -0.3 is 8.39 Å². The zero-order valence-electron chi connectivity index (χ0n) is 31.8. The Balaban J connectivity index is 1.33. The molecule has 0 unspecified atom stereocenters. The molecule has 1 aromatic heterocycles. The fourth-order valence-corrected chi connectivity index (χ4v) is 12.9. The zero-order valence-corrected chi connectivity index (χ0v) is 33.6. The van der Waals surface area contributed by atoms with E-state index in [0.717, 1.165) is 53.7 Å². The van der Waals surface area contributed by atoms with E-state index in [1.165, 1.54) is 85.8 Å². The van der Waals surface area contributed by atoms with Crippen molar-refractivity contribution in [2.24, 2.45) is 0 Å². The molecule has 1 heterocycles. The summed E-state index contributed by atoms with van der Waals surface area (Å²) in [5, 5.41) is 6.46. The van der Waals surface area contributed by atoms with Gasteiger partial charge in [0.05, 0.1) is 5.69 Å². The molecule has 8 aromatic rings. The lowest BCUT2D eigenvalue weighted by atomic mass is 9.81. The van der Waals surface area contributed by atoms with E-state index in [2.05, 4.69) is 169 Å². The smallest absolute Gasteiger partial charge is 0.341 e. The third-order valence-electron chi connectivity index (χ3n) is 11.7. The van der Waals surface area contributed by atoms with E-state index < -0.39 is 16.1 Å². The fourth-order valence-electron chi connectivity index (χ4n) is 9.05. The molecule has 2 aliphatic carbocycles. The quantitative estimate of drug-likeness (QED) is 0.151. The van der Waals surface area contributed by atoms with Crippen molar-refractivity contribution in [2.45, 2.75) is 51.4 Å². The van der Waals surface area contributed by atoms with Crippen LogP contribution in [0.3, 0.4) is 0 Å². The van der Waals surface area contributed by atoms with Crippen LogP contribution in [0.4, 0.5) is 5.69 Å². The van der Waals surface area contributed by atoms with Gasteiger partial charge in [0.1, 0.15) is 0 Å². The van der Waals surface area contributed by atoms with E-state index in [-0.39, 0.29) is 0 Å². The molecule has 5 heteroatoms. The van der Waals surface area contributed by atoms with Gasteiger partial charge in [-0.2, -0.15) is 0 Å². The summed E-state index contributed by atoms with van der Waals surface area (Å²) < 4.78 is 17.5. The normalized spacial score (nSPS) is 13.8. The molecule has 3 nitrogen and oxygen atoms in total. The molecule has 0 radical (unpaired) electrons. The van der Waals surface area contributed by atoms with E-state index in [9.17, 15) is 0 Å². The topological polar surface area (TPSA) is 29.5 Å². The van der Waals surface area contributed by atoms with Gasteiger partial charge in [0.15, 0.2) is 11.2 Å². The van der Waals surface area contributed by atoms with Crippen LogP contribution in [-0.4, -0.2) is 7.05 Å². The van der Waals surface area contributed by atoms with Gasteiger partial charge in [-0.3, -0.25) is 4.67 Å². The molecule has 0 aliphatic heterocycles. The molecule has 7 aromatic carbocycles. The second-order valence-corrected chi connectivity index (χ2v) is 18.7. The number of rotatable bonds is 7. The van der Waals surface area contributed by atoms with Crippen LogP contribution in [-0.2, 0) is 25.7 Å². The maximum Gasteiger partial charge on any atom is 0.341 e. The SMILES string of the molecule is CN(c1ccccc1P(c1ccccc1)c1ccccc1)p1oc2c(-c3ccccc3)cc3c(c2c2c4c(cc(-c5ccccc5)c2o1)CCCC4)CCCC3. The lowest BCUT2D eigenvalue weighted by molar-refractivity contribution is 0.636. The zero-order chi connectivity index (χ0) is 37.4. The summed E-state index contributed by atoms with van der Waals surface area (Å²) in [6.45, 7) is 0. The van der Waals surface area contributed by atoms with Gasteiger partial charge in [0.25, 0.3) is 0 Å². The number of benzene rings is 7. The standard InChI is InChI=1S/C51H45NO2P2/c1-52(46-32-18-19-33-47(46)55(40-26-10-4-11-27-40)41-28-12-5-13-29-41)56-53-50-44(36-20-6-2-7-21-36)34-38-24-14-16-30-42(38)48(50)49-43-31-17-15-25-39(43)35-45(51(49)54-56)37-22-8-3-9-23-37/h2-13,18-23,26-29,32-35H,14-17,24-25,30-31H2,1H3. The van der Waals surface area contributed by atoms with E-state index in [4.69, 9.17) is 8.39 Å². The molecular weight excluding hydrogens is 721 g/mol. The van der Waals surface area contributed by atoms with Gasteiger partial charge >= 0.3 is 8.16 Å². The molecule has 276 valence electrons. The first-order valence-corrected chi connectivity index (χ1v) is 22.6. The van der Waals surface area contributed by atoms with E-state index in [1.807, 2.05) is 0 Å². The van der Waals surface area contributed by atoms with Crippen molar-refractivity contribution in [1.29, 1.82) is 0 Å². The van der Waals surface area contributed by atoms with Crippen LogP contribution in [0.5, 0.6) is 0 Å². The lowest BCUT2D eigenvalue weighted by Gasteiger charge is -2.26. The Labute approximate surface area is 332 Å². The molecule has 0 N–H and O–H groups in total. The van der Waals surface area contributed by atoms with Crippen molar-refractivity contribution in [3.8, 4) is 22.3 Å². The average Bonchev–Trinajstić information content (AvgIpc) is 3.46. The predicted octanol–water partition coefficient (Wildman–Crippen LogP) is 13.0. The number of hydrogen-bond acceptors (Lipinski definition) is 3. The van der Waals surface area contributed by atoms with Crippen LogP contribution in [0.15, 0.2) is 166 Å². The second-order valence-electron chi connectivity index (χ2n) is 15.1. The number of anilines is 1. The summed E-state index contributed by atoms with van der Waals surface area (Å²) in [6.07, 6.45) is 9.07. The molecule has 10 rings (SSSR count). The maximum atomic E-state index is 7.61. The van der Waals surface area contributed by atoms with Gasteiger partial charge in [0.2, 0.25) is 0 Å². The molecule has 0 bridgehead atoms. The minimum Gasteiger partial charge on any atom is -0.403 e. The highest BCUT2D eigenvalue weighted by molar-refractivity contribution is 7.80. The van der Waals surface area contributed by atoms with E-state index >= 15 is 0 Å². The largest absolute Gasteiger partial charge is 0.403 e. The van der Waals surface area contributed by atoms with Crippen LogP contribution < -0.4 is 20.6 Å². The highest BCUT2D eigenvalue weighted by atomic mass is 31.1. The first kappa shape index (κ1) is 35.1. The van der Waals surface area contributed by atoms with Gasteiger partial charge in [-0.1, -0.05) is 140 Å². The third kappa shape index (κ3) is 6.38. The maximum absolute atomic E-state index is 7.61. The molecular formula is C51H45NO2P2. The summed E-state index contributed by atoms with van der Waals surface area (Å²) in [5.74, 6) is 0. The van der Waals surface area contributed by atoms with Gasteiger partial charge in [0, 0.05) is 34.3 Å². The average molecular weight is 766 g/mol. The van der Waals surface area contributed by atoms with Crippen LogP contribution in [0.25, 0.3) is 44.2 Å². The molecule has 56 heavy (non-hydrogen) atoms. The van der Waals surface area contributed by atoms with E-state index in [1.54, 1.807) is 0 Å². The molecule has 0 saturated heterocycles.